The first kappa shape index (κ1) is 7.10. The maximum Gasteiger partial charge on any atom is 0.133 e. The summed E-state index contributed by atoms with van der Waals surface area (Å²) in [6, 6.07) is 10.3. The molecule has 0 saturated heterocycles. The van der Waals surface area contributed by atoms with E-state index in [0.29, 0.717) is 0 Å². The molecule has 0 aliphatic heterocycles. The predicted molar refractivity (Wildman–Crippen MR) is 46.7 cm³/mol. The molecule has 1 aromatic heterocycles. The molecule has 0 unspecified atom stereocenters. The largest absolute Gasteiger partial charge is 0.362 e. The van der Waals surface area contributed by atoms with E-state index in [1.54, 1.807) is 12.3 Å². The van der Waals surface area contributed by atoms with Crippen LogP contribution in [0.3, 0.4) is 0 Å². The van der Waals surface area contributed by atoms with Crippen molar-refractivity contribution in [1.29, 1.82) is 0 Å². The molecular weight excluding hydrogens is 150 g/mol. The van der Waals surface area contributed by atoms with E-state index in [1.807, 2.05) is 6.92 Å². The second-order valence-electron chi connectivity index (χ2n) is 2.70. The summed E-state index contributed by atoms with van der Waals surface area (Å²) in [7, 11) is 0. The van der Waals surface area contributed by atoms with Crippen LogP contribution in [0, 0.1) is 6.92 Å². The second-order valence-corrected chi connectivity index (χ2v) is 2.70. The van der Waals surface area contributed by atoms with Crippen LogP contribution in [-0.4, -0.2) is 5.16 Å². The molecule has 0 fully saturated rings. The molecular formula is C10H9NO. The van der Waals surface area contributed by atoms with Gasteiger partial charge in [-0.3, -0.25) is 0 Å². The molecule has 0 atom stereocenters. The highest BCUT2D eigenvalue weighted by molar-refractivity contribution is 5.80. The van der Waals surface area contributed by atoms with Crippen LogP contribution in [0.2, 0.25) is 0 Å². The van der Waals surface area contributed by atoms with E-state index in [1.165, 1.54) is 11.1 Å². The van der Waals surface area contributed by atoms with Crippen molar-refractivity contribution in [1.82, 2.24) is 5.16 Å². The summed E-state index contributed by atoms with van der Waals surface area (Å²) in [5, 5.41) is 3.45. The summed E-state index contributed by atoms with van der Waals surface area (Å²) < 4.78 is 4.58. The van der Waals surface area contributed by atoms with Gasteiger partial charge in [0.1, 0.15) is 5.76 Å². The van der Waals surface area contributed by atoms with Gasteiger partial charge in [0.2, 0.25) is 0 Å². The molecule has 0 bridgehead atoms. The van der Waals surface area contributed by atoms with Gasteiger partial charge >= 0.3 is 0 Å². The zero-order valence-electron chi connectivity index (χ0n) is 6.82. The molecule has 3 rings (SSSR count). The molecule has 0 N–H and O–H groups in total. The lowest BCUT2D eigenvalue weighted by Crippen LogP contribution is -1.50. The Morgan fingerprint density at radius 3 is 2.08 bits per heavy atom. The predicted octanol–water partition coefficient (Wildman–Crippen LogP) is 2.65. The molecule has 0 saturated carbocycles. The van der Waals surface area contributed by atoms with Gasteiger partial charge in [0.25, 0.3) is 0 Å². The van der Waals surface area contributed by atoms with Gasteiger partial charge in [0.05, 0.1) is 6.20 Å². The zero-order chi connectivity index (χ0) is 8.39. The van der Waals surface area contributed by atoms with Crippen LogP contribution in [0.1, 0.15) is 5.76 Å². The lowest BCUT2D eigenvalue weighted by molar-refractivity contribution is 0.397. The van der Waals surface area contributed by atoms with Crippen LogP contribution in [0.25, 0.3) is 11.1 Å². The summed E-state index contributed by atoms with van der Waals surface area (Å²) in [6.45, 7) is 1.85. The van der Waals surface area contributed by atoms with Gasteiger partial charge in [-0.25, -0.2) is 0 Å². The Balaban J connectivity index is 0.0000000939. The number of aryl methyl sites for hydroxylation is 1. The number of rotatable bonds is 0. The summed E-state index contributed by atoms with van der Waals surface area (Å²) in [5.41, 5.74) is 2.85. The quantitative estimate of drug-likeness (QED) is 0.504. The average molecular weight is 159 g/mol. The van der Waals surface area contributed by atoms with Crippen LogP contribution >= 0.6 is 0 Å². The molecule has 1 heterocycles. The summed E-state index contributed by atoms with van der Waals surface area (Å²) in [4.78, 5) is 0. The summed E-state index contributed by atoms with van der Waals surface area (Å²) >= 11 is 0. The lowest BCUT2D eigenvalue weighted by Gasteiger charge is -1.65. The monoisotopic (exact) mass is 159 g/mol. The summed E-state index contributed by atoms with van der Waals surface area (Å²) in [6.07, 6.45) is 1.62. The van der Waals surface area contributed by atoms with Crippen molar-refractivity contribution in [3.05, 3.63) is 42.3 Å². The van der Waals surface area contributed by atoms with Crippen molar-refractivity contribution in [2.24, 2.45) is 0 Å². The van der Waals surface area contributed by atoms with Crippen molar-refractivity contribution in [3.8, 4) is 11.1 Å². The topological polar surface area (TPSA) is 26.0 Å². The molecule has 60 valence electrons. The number of nitrogens with zero attached hydrogens (tertiary/aromatic N) is 1. The number of benzene rings is 1. The molecule has 12 heavy (non-hydrogen) atoms. The highest BCUT2D eigenvalue weighted by Gasteiger charge is 2.06. The van der Waals surface area contributed by atoms with Crippen LogP contribution < -0.4 is 0 Å². The van der Waals surface area contributed by atoms with Crippen LogP contribution in [0.5, 0.6) is 0 Å². The minimum absolute atomic E-state index is 0.856. The third-order valence-electron chi connectivity index (χ3n) is 1.68. The maximum atomic E-state index is 4.58. The first-order valence-electron chi connectivity index (χ1n) is 3.84. The normalized spacial score (nSPS) is 10.1. The van der Waals surface area contributed by atoms with Gasteiger partial charge in [-0.2, -0.15) is 0 Å². The molecule has 1 aromatic rings. The minimum atomic E-state index is 0.856. The van der Waals surface area contributed by atoms with Crippen molar-refractivity contribution >= 4 is 0 Å². The smallest absolute Gasteiger partial charge is 0.133 e. The number of aromatic nitrogens is 1. The van der Waals surface area contributed by atoms with E-state index in [4.69, 9.17) is 0 Å². The van der Waals surface area contributed by atoms with E-state index < -0.39 is 0 Å². The minimum Gasteiger partial charge on any atom is -0.362 e. The van der Waals surface area contributed by atoms with Crippen LogP contribution in [0.15, 0.2) is 41.1 Å². The number of hydrogen-bond acceptors (Lipinski definition) is 2. The molecule has 0 amide bonds. The Hall–Kier alpha value is -1.57. The van der Waals surface area contributed by atoms with Crippen molar-refractivity contribution in [2.45, 2.75) is 6.92 Å². The molecule has 0 radical (unpaired) electrons. The molecule has 2 aliphatic carbocycles. The van der Waals surface area contributed by atoms with E-state index in [2.05, 4.69) is 33.9 Å². The molecule has 0 spiro atoms. The molecule has 2 nitrogen and oxygen atoms in total. The molecule has 0 aromatic carbocycles. The van der Waals surface area contributed by atoms with Crippen molar-refractivity contribution in [3.63, 3.8) is 0 Å². The van der Waals surface area contributed by atoms with Gasteiger partial charge in [0.15, 0.2) is 0 Å². The third-order valence-corrected chi connectivity index (χ3v) is 1.68. The highest BCUT2D eigenvalue weighted by atomic mass is 16.5. The fourth-order valence-corrected chi connectivity index (χ4v) is 0.955. The Bertz CT molecular complexity index is 348. The van der Waals surface area contributed by atoms with Gasteiger partial charge in [-0.15, -0.1) is 0 Å². The van der Waals surface area contributed by atoms with Gasteiger partial charge < -0.3 is 4.52 Å². The number of hydrogen-bond donors (Lipinski definition) is 0. The highest BCUT2D eigenvalue weighted by Crippen LogP contribution is 2.32. The second kappa shape index (κ2) is 2.81. The van der Waals surface area contributed by atoms with Crippen LogP contribution in [0.4, 0.5) is 0 Å². The Kier molecular flexibility index (Phi) is 1.67. The average Bonchev–Trinajstić information content (AvgIpc) is 2.55. The van der Waals surface area contributed by atoms with E-state index in [0.717, 1.165) is 5.76 Å². The lowest BCUT2D eigenvalue weighted by atomic mass is 10.5. The first-order chi connectivity index (χ1) is 5.86. The van der Waals surface area contributed by atoms with Gasteiger partial charge in [-0.1, -0.05) is 23.4 Å². The Morgan fingerprint density at radius 1 is 1.17 bits per heavy atom. The van der Waals surface area contributed by atoms with Crippen molar-refractivity contribution in [2.75, 3.05) is 0 Å². The fraction of sp³-hybridized carbons (Fsp3) is 0.100. The van der Waals surface area contributed by atoms with Gasteiger partial charge in [0, 0.05) is 6.07 Å². The van der Waals surface area contributed by atoms with E-state index in [9.17, 15) is 0 Å². The molecule has 2 heteroatoms. The van der Waals surface area contributed by atoms with E-state index >= 15 is 0 Å². The van der Waals surface area contributed by atoms with Crippen LogP contribution in [-0.2, 0) is 0 Å². The number of fused-ring (bicyclic) bond motifs is 1. The molecule has 2 aliphatic rings. The standard InChI is InChI=1S/C6H4.C4H5NO/c1-2-5-4-6(5)3-1;1-4-2-3-5-6-4/h1-4H;2-3H,1H3. The fourth-order valence-electron chi connectivity index (χ4n) is 0.955. The van der Waals surface area contributed by atoms with E-state index in [-0.39, 0.29) is 0 Å². The SMILES string of the molecule is Cc1ccno1.c1cc2cc-2c1. The Morgan fingerprint density at radius 2 is 1.92 bits per heavy atom. The third kappa shape index (κ3) is 1.53. The summed E-state index contributed by atoms with van der Waals surface area (Å²) in [5.74, 6) is 0.856. The maximum absolute atomic E-state index is 4.58. The van der Waals surface area contributed by atoms with Gasteiger partial charge in [-0.05, 0) is 24.1 Å². The first-order valence-corrected chi connectivity index (χ1v) is 3.84. The zero-order valence-corrected chi connectivity index (χ0v) is 6.82. The Labute approximate surface area is 70.8 Å². The van der Waals surface area contributed by atoms with Crippen molar-refractivity contribution < 1.29 is 4.52 Å².